The summed E-state index contributed by atoms with van der Waals surface area (Å²) in [6.07, 6.45) is 4.61. The maximum atomic E-state index is 11.2. The molecule has 0 saturated carbocycles. The number of benzene rings is 3. The Balaban J connectivity index is 1.33. The van der Waals surface area contributed by atoms with E-state index < -0.39 is 5.91 Å². The summed E-state index contributed by atoms with van der Waals surface area (Å²) in [4.78, 5) is 17.9. The molecule has 1 heterocycles. The average molecular weight is 480 g/mol. The molecule has 184 valence electrons. The summed E-state index contributed by atoms with van der Waals surface area (Å²) in [5.41, 5.74) is 11.0. The van der Waals surface area contributed by atoms with Gasteiger partial charge in [0.15, 0.2) is 0 Å². The lowest BCUT2D eigenvalue weighted by molar-refractivity contribution is 0.1000. The highest BCUT2D eigenvalue weighted by atomic mass is 16.5. The molecule has 1 amide bonds. The van der Waals surface area contributed by atoms with Crippen molar-refractivity contribution in [1.29, 1.82) is 0 Å². The van der Waals surface area contributed by atoms with Crippen LogP contribution in [0.4, 0.5) is 0 Å². The number of rotatable bonds is 12. The molecular formula is C31H33N3O2. The van der Waals surface area contributed by atoms with Gasteiger partial charge >= 0.3 is 0 Å². The molecule has 5 heteroatoms. The number of hydrogen-bond acceptors (Lipinski definition) is 4. The molecule has 0 atom stereocenters. The number of carbonyl (C=O) groups excluding carboxylic acids is 1. The average Bonchev–Trinajstić information content (AvgIpc) is 2.90. The quantitative estimate of drug-likeness (QED) is 0.272. The highest BCUT2D eigenvalue weighted by Crippen LogP contribution is 2.20. The van der Waals surface area contributed by atoms with Crippen LogP contribution in [0.3, 0.4) is 0 Å². The molecular weight excluding hydrogens is 446 g/mol. The first-order chi connectivity index (χ1) is 17.6. The Morgan fingerprint density at radius 2 is 1.58 bits per heavy atom. The number of nitrogens with two attached hydrogens (primary N) is 1. The standard InChI is InChI=1S/C31H33N3O2/c1-24-8-5-6-11-27(24)12-7-20-34(23-26-9-3-2-4-10-26)21-19-25-13-16-29(17-14-25)36-30-18-15-28(22-33-30)31(32)35/h2-6,8-11,13-18,22H,7,12,19-21,23H2,1H3,(H2,32,35). The number of carbonyl (C=O) groups is 1. The van der Waals surface area contributed by atoms with Crippen molar-refractivity contribution in [2.45, 2.75) is 32.7 Å². The molecule has 5 nitrogen and oxygen atoms in total. The van der Waals surface area contributed by atoms with Crippen molar-refractivity contribution in [3.8, 4) is 11.6 Å². The van der Waals surface area contributed by atoms with E-state index in [0.29, 0.717) is 17.2 Å². The summed E-state index contributed by atoms with van der Waals surface area (Å²) >= 11 is 0. The third-order valence-corrected chi connectivity index (χ3v) is 6.31. The Bertz CT molecular complexity index is 1240. The van der Waals surface area contributed by atoms with Gasteiger partial charge in [-0.15, -0.1) is 0 Å². The van der Waals surface area contributed by atoms with Crippen molar-refractivity contribution in [3.05, 3.63) is 125 Å². The van der Waals surface area contributed by atoms with Crippen LogP contribution in [0.15, 0.2) is 97.2 Å². The minimum atomic E-state index is -0.505. The van der Waals surface area contributed by atoms with Crippen molar-refractivity contribution in [2.24, 2.45) is 5.73 Å². The molecule has 36 heavy (non-hydrogen) atoms. The number of pyridine rings is 1. The van der Waals surface area contributed by atoms with E-state index in [2.05, 4.69) is 83.5 Å². The van der Waals surface area contributed by atoms with Gasteiger partial charge in [0.25, 0.3) is 0 Å². The summed E-state index contributed by atoms with van der Waals surface area (Å²) in [5, 5.41) is 0. The number of nitrogens with zero attached hydrogens (tertiary/aromatic N) is 2. The Morgan fingerprint density at radius 3 is 2.28 bits per heavy atom. The van der Waals surface area contributed by atoms with Crippen LogP contribution < -0.4 is 10.5 Å². The molecule has 3 aromatic carbocycles. The molecule has 4 rings (SSSR count). The van der Waals surface area contributed by atoms with Crippen LogP contribution in [0.1, 0.15) is 39.0 Å². The van der Waals surface area contributed by atoms with E-state index in [0.717, 1.165) is 38.9 Å². The summed E-state index contributed by atoms with van der Waals surface area (Å²) in [6, 6.07) is 30.7. The first-order valence-electron chi connectivity index (χ1n) is 12.4. The van der Waals surface area contributed by atoms with Gasteiger partial charge in [0, 0.05) is 25.4 Å². The SMILES string of the molecule is Cc1ccccc1CCCN(CCc1ccc(Oc2ccc(C(N)=O)cn2)cc1)Cc1ccccc1. The fourth-order valence-electron chi connectivity index (χ4n) is 4.21. The summed E-state index contributed by atoms with van der Waals surface area (Å²) in [5.74, 6) is 0.628. The number of hydrogen-bond donors (Lipinski definition) is 1. The molecule has 0 aliphatic rings. The van der Waals surface area contributed by atoms with Gasteiger partial charge in [-0.2, -0.15) is 0 Å². The van der Waals surface area contributed by atoms with E-state index in [1.807, 2.05) is 12.1 Å². The maximum Gasteiger partial charge on any atom is 0.250 e. The first kappa shape index (κ1) is 25.1. The summed E-state index contributed by atoms with van der Waals surface area (Å²) in [7, 11) is 0. The molecule has 1 aromatic heterocycles. The second kappa shape index (κ2) is 12.7. The Hall–Kier alpha value is -3.96. The monoisotopic (exact) mass is 479 g/mol. The smallest absolute Gasteiger partial charge is 0.250 e. The Morgan fingerprint density at radius 1 is 0.833 bits per heavy atom. The van der Waals surface area contributed by atoms with Gasteiger partial charge in [0.2, 0.25) is 11.8 Å². The van der Waals surface area contributed by atoms with Crippen LogP contribution in [-0.4, -0.2) is 28.9 Å². The van der Waals surface area contributed by atoms with Crippen LogP contribution in [0.25, 0.3) is 0 Å². The fraction of sp³-hybridized carbons (Fsp3) is 0.226. The molecule has 4 aromatic rings. The van der Waals surface area contributed by atoms with Crippen LogP contribution in [-0.2, 0) is 19.4 Å². The number of aromatic nitrogens is 1. The van der Waals surface area contributed by atoms with Gasteiger partial charge in [0.05, 0.1) is 5.56 Å². The van der Waals surface area contributed by atoms with Crippen molar-refractivity contribution in [2.75, 3.05) is 13.1 Å². The van der Waals surface area contributed by atoms with Gasteiger partial charge in [-0.1, -0.05) is 66.7 Å². The van der Waals surface area contributed by atoms with Crippen LogP contribution in [0.2, 0.25) is 0 Å². The topological polar surface area (TPSA) is 68.5 Å². The molecule has 0 radical (unpaired) electrons. The lowest BCUT2D eigenvalue weighted by Gasteiger charge is -2.23. The van der Waals surface area contributed by atoms with Gasteiger partial charge in [-0.25, -0.2) is 4.98 Å². The van der Waals surface area contributed by atoms with E-state index in [1.54, 1.807) is 12.1 Å². The van der Waals surface area contributed by atoms with E-state index in [1.165, 1.54) is 28.5 Å². The maximum absolute atomic E-state index is 11.2. The molecule has 0 bridgehead atoms. The van der Waals surface area contributed by atoms with E-state index in [-0.39, 0.29) is 0 Å². The molecule has 0 aliphatic carbocycles. The molecule has 0 unspecified atom stereocenters. The second-order valence-corrected chi connectivity index (χ2v) is 9.04. The van der Waals surface area contributed by atoms with Crippen molar-refractivity contribution < 1.29 is 9.53 Å². The zero-order valence-corrected chi connectivity index (χ0v) is 20.8. The van der Waals surface area contributed by atoms with Gasteiger partial charge in [-0.3, -0.25) is 9.69 Å². The number of amides is 1. The second-order valence-electron chi connectivity index (χ2n) is 9.04. The molecule has 0 aliphatic heterocycles. The number of aryl methyl sites for hydroxylation is 2. The highest BCUT2D eigenvalue weighted by Gasteiger charge is 2.09. The van der Waals surface area contributed by atoms with Crippen LogP contribution >= 0.6 is 0 Å². The first-order valence-corrected chi connectivity index (χ1v) is 12.4. The lowest BCUT2D eigenvalue weighted by atomic mass is 10.0. The number of primary amides is 1. The third-order valence-electron chi connectivity index (χ3n) is 6.31. The third kappa shape index (κ3) is 7.52. The lowest BCUT2D eigenvalue weighted by Crippen LogP contribution is -2.27. The van der Waals surface area contributed by atoms with Crippen molar-refractivity contribution >= 4 is 5.91 Å². The van der Waals surface area contributed by atoms with Gasteiger partial charge < -0.3 is 10.5 Å². The molecule has 0 fully saturated rings. The van der Waals surface area contributed by atoms with Crippen molar-refractivity contribution in [1.82, 2.24) is 9.88 Å². The van der Waals surface area contributed by atoms with Gasteiger partial charge in [0.1, 0.15) is 5.75 Å². The molecule has 0 spiro atoms. The molecule has 2 N–H and O–H groups in total. The predicted molar refractivity (Wildman–Crippen MR) is 144 cm³/mol. The summed E-state index contributed by atoms with van der Waals surface area (Å²) in [6.45, 7) is 5.18. The minimum absolute atomic E-state index is 0.358. The van der Waals surface area contributed by atoms with Crippen molar-refractivity contribution in [3.63, 3.8) is 0 Å². The Kier molecular flexibility index (Phi) is 8.84. The van der Waals surface area contributed by atoms with E-state index in [4.69, 9.17) is 10.5 Å². The molecule has 0 saturated heterocycles. The van der Waals surface area contributed by atoms with Crippen LogP contribution in [0, 0.1) is 6.92 Å². The van der Waals surface area contributed by atoms with Crippen LogP contribution in [0.5, 0.6) is 11.6 Å². The normalized spacial score (nSPS) is 10.9. The largest absolute Gasteiger partial charge is 0.439 e. The zero-order chi connectivity index (χ0) is 25.2. The van der Waals surface area contributed by atoms with Gasteiger partial charge in [-0.05, 0) is 73.2 Å². The zero-order valence-electron chi connectivity index (χ0n) is 20.8. The highest BCUT2D eigenvalue weighted by molar-refractivity contribution is 5.92. The Labute approximate surface area is 213 Å². The number of ether oxygens (including phenoxy) is 1. The fourth-order valence-corrected chi connectivity index (χ4v) is 4.21. The summed E-state index contributed by atoms with van der Waals surface area (Å²) < 4.78 is 5.80. The van der Waals surface area contributed by atoms with E-state index in [9.17, 15) is 4.79 Å². The predicted octanol–water partition coefficient (Wildman–Crippen LogP) is 5.96. The minimum Gasteiger partial charge on any atom is -0.439 e. The van der Waals surface area contributed by atoms with E-state index >= 15 is 0 Å².